The lowest BCUT2D eigenvalue weighted by Crippen LogP contribution is -2.48. The van der Waals surface area contributed by atoms with Crippen molar-refractivity contribution in [2.24, 2.45) is 0 Å². The molecule has 1 aliphatic heterocycles. The van der Waals surface area contributed by atoms with Crippen molar-refractivity contribution in [3.63, 3.8) is 0 Å². The van der Waals surface area contributed by atoms with Crippen LogP contribution in [0.5, 0.6) is 0 Å². The highest BCUT2D eigenvalue weighted by atomic mass is 15.2. The van der Waals surface area contributed by atoms with Crippen LogP contribution in [-0.2, 0) is 6.42 Å². The molecule has 1 aliphatic rings. The van der Waals surface area contributed by atoms with Gasteiger partial charge in [-0.3, -0.25) is 0 Å². The van der Waals surface area contributed by atoms with Crippen LogP contribution < -0.4 is 5.32 Å². The van der Waals surface area contributed by atoms with Gasteiger partial charge in [0, 0.05) is 25.7 Å². The molecule has 0 spiro atoms. The van der Waals surface area contributed by atoms with Gasteiger partial charge >= 0.3 is 0 Å². The number of hydrogen-bond acceptors (Lipinski definition) is 2. The summed E-state index contributed by atoms with van der Waals surface area (Å²) in [5.74, 6) is 0. The molecule has 0 aliphatic carbocycles. The van der Waals surface area contributed by atoms with Gasteiger partial charge in [0.2, 0.25) is 0 Å². The van der Waals surface area contributed by atoms with Crippen LogP contribution in [0.1, 0.15) is 18.4 Å². The van der Waals surface area contributed by atoms with Crippen molar-refractivity contribution >= 4 is 0 Å². The maximum Gasteiger partial charge on any atom is 0.0195 e. The lowest BCUT2D eigenvalue weighted by Gasteiger charge is -2.30. The number of benzene rings is 1. The Labute approximate surface area is 98.7 Å². The summed E-state index contributed by atoms with van der Waals surface area (Å²) in [6.45, 7) is 3.54. The van der Waals surface area contributed by atoms with Crippen LogP contribution in [0.25, 0.3) is 0 Å². The predicted molar refractivity (Wildman–Crippen MR) is 68.7 cm³/mol. The molecule has 1 saturated heterocycles. The average Bonchev–Trinajstić information content (AvgIpc) is 2.30. The second-order valence-electron chi connectivity index (χ2n) is 4.79. The van der Waals surface area contributed by atoms with E-state index in [-0.39, 0.29) is 0 Å². The fourth-order valence-corrected chi connectivity index (χ4v) is 2.38. The van der Waals surface area contributed by atoms with E-state index in [1.165, 1.54) is 37.9 Å². The van der Waals surface area contributed by atoms with E-state index in [1.807, 2.05) is 0 Å². The van der Waals surface area contributed by atoms with Gasteiger partial charge in [0.15, 0.2) is 0 Å². The summed E-state index contributed by atoms with van der Waals surface area (Å²) >= 11 is 0. The number of rotatable bonds is 4. The van der Waals surface area contributed by atoms with Crippen LogP contribution in [0.15, 0.2) is 30.3 Å². The molecule has 1 atom stereocenters. The highest BCUT2D eigenvalue weighted by molar-refractivity contribution is 5.14. The van der Waals surface area contributed by atoms with Gasteiger partial charge in [-0.15, -0.1) is 0 Å². The molecule has 2 nitrogen and oxygen atoms in total. The topological polar surface area (TPSA) is 15.3 Å². The highest BCUT2D eigenvalue weighted by Crippen LogP contribution is 2.08. The molecule has 0 saturated carbocycles. The fourth-order valence-electron chi connectivity index (χ4n) is 2.38. The van der Waals surface area contributed by atoms with Crippen molar-refractivity contribution < 1.29 is 0 Å². The molecule has 88 valence electrons. The molecule has 1 fully saturated rings. The summed E-state index contributed by atoms with van der Waals surface area (Å²) < 4.78 is 0. The van der Waals surface area contributed by atoms with Gasteiger partial charge in [0.25, 0.3) is 0 Å². The van der Waals surface area contributed by atoms with Crippen LogP contribution in [0.4, 0.5) is 0 Å². The van der Waals surface area contributed by atoms with Gasteiger partial charge in [-0.25, -0.2) is 0 Å². The minimum atomic E-state index is 0.697. The number of nitrogens with one attached hydrogen (secondary N) is 1. The van der Waals surface area contributed by atoms with Gasteiger partial charge in [-0.1, -0.05) is 30.3 Å². The Morgan fingerprint density at radius 1 is 1.31 bits per heavy atom. The molecule has 0 bridgehead atoms. The molecule has 16 heavy (non-hydrogen) atoms. The van der Waals surface area contributed by atoms with Crippen molar-refractivity contribution in [3.8, 4) is 0 Å². The van der Waals surface area contributed by atoms with Crippen molar-refractivity contribution in [1.82, 2.24) is 10.2 Å². The Hall–Kier alpha value is -0.860. The van der Waals surface area contributed by atoms with Crippen LogP contribution in [0, 0.1) is 0 Å². The molecule has 1 aromatic rings. The van der Waals surface area contributed by atoms with E-state index >= 15 is 0 Å². The van der Waals surface area contributed by atoms with Crippen LogP contribution >= 0.6 is 0 Å². The standard InChI is InChI=1S/C14H22N2/c1-16-11-10-15-14(12-16)9-5-8-13-6-3-2-4-7-13/h2-4,6-7,14-15H,5,8-12H2,1H3. The maximum atomic E-state index is 3.59. The third-order valence-corrected chi connectivity index (χ3v) is 3.32. The van der Waals surface area contributed by atoms with E-state index < -0.39 is 0 Å². The normalized spacial score (nSPS) is 22.2. The number of likely N-dealkylation sites (N-methyl/N-ethyl adjacent to an activating group) is 1. The molecule has 2 heteroatoms. The van der Waals surface area contributed by atoms with Crippen molar-refractivity contribution in [3.05, 3.63) is 35.9 Å². The number of hydrogen-bond donors (Lipinski definition) is 1. The average molecular weight is 218 g/mol. The van der Waals surface area contributed by atoms with Crippen LogP contribution in [-0.4, -0.2) is 37.6 Å². The fraction of sp³-hybridized carbons (Fsp3) is 0.571. The molecule has 1 heterocycles. The minimum Gasteiger partial charge on any atom is -0.311 e. The number of piperazine rings is 1. The predicted octanol–water partition coefficient (Wildman–Crippen LogP) is 1.91. The zero-order valence-electron chi connectivity index (χ0n) is 10.2. The van der Waals surface area contributed by atoms with Gasteiger partial charge in [-0.2, -0.15) is 0 Å². The maximum absolute atomic E-state index is 3.59. The van der Waals surface area contributed by atoms with E-state index in [1.54, 1.807) is 0 Å². The van der Waals surface area contributed by atoms with Gasteiger partial charge < -0.3 is 10.2 Å². The quantitative estimate of drug-likeness (QED) is 0.830. The van der Waals surface area contributed by atoms with Crippen molar-refractivity contribution in [2.75, 3.05) is 26.7 Å². The third-order valence-electron chi connectivity index (χ3n) is 3.32. The van der Waals surface area contributed by atoms with Gasteiger partial charge in [0.1, 0.15) is 0 Å². The largest absolute Gasteiger partial charge is 0.311 e. The smallest absolute Gasteiger partial charge is 0.0195 e. The summed E-state index contributed by atoms with van der Waals surface area (Å²) in [6, 6.07) is 11.5. The summed E-state index contributed by atoms with van der Waals surface area (Å²) in [6.07, 6.45) is 3.79. The Balaban J connectivity index is 1.68. The van der Waals surface area contributed by atoms with Crippen molar-refractivity contribution in [1.29, 1.82) is 0 Å². The molecule has 1 N–H and O–H groups in total. The summed E-state index contributed by atoms with van der Waals surface area (Å²) in [7, 11) is 2.21. The molecule has 2 rings (SSSR count). The molecule has 1 aromatic carbocycles. The first-order valence-electron chi connectivity index (χ1n) is 6.30. The third kappa shape index (κ3) is 3.62. The second kappa shape index (κ2) is 6.02. The number of aryl methyl sites for hydroxylation is 1. The lowest BCUT2D eigenvalue weighted by atomic mass is 10.0. The van der Waals surface area contributed by atoms with E-state index in [0.717, 1.165) is 6.54 Å². The van der Waals surface area contributed by atoms with Gasteiger partial charge in [-0.05, 0) is 31.9 Å². The Morgan fingerprint density at radius 2 is 2.12 bits per heavy atom. The lowest BCUT2D eigenvalue weighted by molar-refractivity contribution is 0.230. The first-order chi connectivity index (χ1) is 7.84. The molecule has 0 radical (unpaired) electrons. The molecular weight excluding hydrogens is 196 g/mol. The van der Waals surface area contributed by atoms with E-state index in [4.69, 9.17) is 0 Å². The second-order valence-corrected chi connectivity index (χ2v) is 4.79. The highest BCUT2D eigenvalue weighted by Gasteiger charge is 2.15. The summed E-state index contributed by atoms with van der Waals surface area (Å²) in [4.78, 5) is 2.42. The monoisotopic (exact) mass is 218 g/mol. The molecule has 0 aromatic heterocycles. The first-order valence-corrected chi connectivity index (χ1v) is 6.30. The van der Waals surface area contributed by atoms with Crippen LogP contribution in [0.2, 0.25) is 0 Å². The zero-order chi connectivity index (χ0) is 11.2. The van der Waals surface area contributed by atoms with Gasteiger partial charge in [0.05, 0.1) is 0 Å². The van der Waals surface area contributed by atoms with Crippen LogP contribution in [0.3, 0.4) is 0 Å². The Morgan fingerprint density at radius 3 is 2.88 bits per heavy atom. The SMILES string of the molecule is CN1CCNC(CCCc2ccccc2)C1. The molecular formula is C14H22N2. The number of nitrogens with zero attached hydrogens (tertiary/aromatic N) is 1. The van der Waals surface area contributed by atoms with E-state index in [0.29, 0.717) is 6.04 Å². The summed E-state index contributed by atoms with van der Waals surface area (Å²) in [5.41, 5.74) is 1.46. The first kappa shape index (κ1) is 11.6. The van der Waals surface area contributed by atoms with Crippen molar-refractivity contribution in [2.45, 2.75) is 25.3 Å². The summed E-state index contributed by atoms with van der Waals surface area (Å²) in [5, 5.41) is 3.59. The zero-order valence-corrected chi connectivity index (χ0v) is 10.2. The Bertz CT molecular complexity index is 297. The molecule has 0 amide bonds. The Kier molecular flexibility index (Phi) is 4.37. The van der Waals surface area contributed by atoms with E-state index in [9.17, 15) is 0 Å². The molecule has 1 unspecified atom stereocenters. The van der Waals surface area contributed by atoms with E-state index in [2.05, 4.69) is 47.6 Å². The minimum absolute atomic E-state index is 0.697.